The fourth-order valence-electron chi connectivity index (χ4n) is 4.04. The van der Waals surface area contributed by atoms with Gasteiger partial charge >= 0.3 is 5.97 Å². The topological polar surface area (TPSA) is 91.8 Å². The van der Waals surface area contributed by atoms with Crippen LogP contribution in [0.15, 0.2) is 29.5 Å². The normalized spacial score (nSPS) is 18.0. The van der Waals surface area contributed by atoms with Crippen molar-refractivity contribution < 1.29 is 19.4 Å². The minimum atomic E-state index is -0.542. The number of fused-ring (bicyclic) bond motifs is 1. The van der Waals surface area contributed by atoms with E-state index in [9.17, 15) is 14.7 Å². The quantitative estimate of drug-likeness (QED) is 0.705. The second-order valence-electron chi connectivity index (χ2n) is 7.49. The second-order valence-corrected chi connectivity index (χ2v) is 8.55. The van der Waals surface area contributed by atoms with Crippen molar-refractivity contribution in [3.8, 4) is 0 Å². The molecule has 1 aromatic heterocycles. The van der Waals surface area contributed by atoms with Gasteiger partial charge in [0.1, 0.15) is 5.70 Å². The summed E-state index contributed by atoms with van der Waals surface area (Å²) in [6.07, 6.45) is 6.26. The number of aliphatic hydroxyl groups is 1. The maximum atomic E-state index is 12.7. The van der Waals surface area contributed by atoms with Gasteiger partial charge in [-0.1, -0.05) is 19.3 Å². The zero-order valence-corrected chi connectivity index (χ0v) is 17.3. The number of rotatable bonds is 6. The Morgan fingerprint density at radius 1 is 1.34 bits per heavy atom. The first kappa shape index (κ1) is 19.8. The van der Waals surface area contributed by atoms with Gasteiger partial charge < -0.3 is 20.1 Å². The molecule has 1 saturated carbocycles. The second kappa shape index (κ2) is 8.51. The van der Waals surface area contributed by atoms with Crippen LogP contribution in [0.3, 0.4) is 0 Å². The van der Waals surface area contributed by atoms with Crippen molar-refractivity contribution >= 4 is 39.1 Å². The van der Waals surface area contributed by atoms with E-state index in [0.717, 1.165) is 15.9 Å². The Labute approximate surface area is 173 Å². The first-order chi connectivity index (χ1) is 14.1. The van der Waals surface area contributed by atoms with E-state index in [-0.39, 0.29) is 36.9 Å². The zero-order valence-electron chi connectivity index (χ0n) is 16.4. The lowest BCUT2D eigenvalue weighted by molar-refractivity contribution is -0.136. The van der Waals surface area contributed by atoms with E-state index >= 15 is 0 Å². The summed E-state index contributed by atoms with van der Waals surface area (Å²) in [7, 11) is 1.29. The number of methoxy groups -OCH3 is 1. The Kier molecular flexibility index (Phi) is 5.82. The average Bonchev–Trinajstić information content (AvgIpc) is 3.30. The third-order valence-corrected chi connectivity index (χ3v) is 6.76. The van der Waals surface area contributed by atoms with Gasteiger partial charge in [-0.2, -0.15) is 0 Å². The van der Waals surface area contributed by atoms with Crippen molar-refractivity contribution in [3.05, 3.63) is 34.5 Å². The monoisotopic (exact) mass is 415 g/mol. The standard InChI is InChI=1S/C21H25N3O4S/c1-28-21(27)15-12-24(9-10-25)20(26)18(15)22-14-7-8-16-17(11-14)29-19(23-16)13-5-3-2-4-6-13/h7-8,11,13,22,25H,2-6,9-10,12H2,1H3. The van der Waals surface area contributed by atoms with Crippen LogP contribution in [0.25, 0.3) is 10.2 Å². The number of aliphatic hydroxyl groups excluding tert-OH is 1. The van der Waals surface area contributed by atoms with E-state index in [4.69, 9.17) is 9.72 Å². The summed E-state index contributed by atoms with van der Waals surface area (Å²) in [4.78, 5) is 31.1. The molecule has 2 aromatic rings. The summed E-state index contributed by atoms with van der Waals surface area (Å²) in [5.41, 5.74) is 2.18. The third kappa shape index (κ3) is 4.00. The van der Waals surface area contributed by atoms with Crippen LogP contribution >= 0.6 is 11.3 Å². The highest BCUT2D eigenvalue weighted by atomic mass is 32.1. The van der Waals surface area contributed by atoms with E-state index in [1.54, 1.807) is 11.3 Å². The molecule has 0 unspecified atom stereocenters. The lowest BCUT2D eigenvalue weighted by Crippen LogP contribution is -2.31. The number of anilines is 1. The molecule has 7 nitrogen and oxygen atoms in total. The molecule has 1 aromatic carbocycles. The van der Waals surface area contributed by atoms with Crippen molar-refractivity contribution in [3.63, 3.8) is 0 Å². The number of hydrogen-bond donors (Lipinski definition) is 2. The summed E-state index contributed by atoms with van der Waals surface area (Å²) in [6, 6.07) is 5.80. The lowest BCUT2D eigenvalue weighted by atomic mass is 9.90. The predicted molar refractivity (Wildman–Crippen MR) is 112 cm³/mol. The summed E-state index contributed by atoms with van der Waals surface area (Å²) in [6.45, 7) is 0.135. The molecule has 1 amide bonds. The smallest absolute Gasteiger partial charge is 0.337 e. The van der Waals surface area contributed by atoms with Crippen LogP contribution in [0.4, 0.5) is 5.69 Å². The molecule has 4 rings (SSSR count). The molecule has 0 saturated heterocycles. The fraction of sp³-hybridized carbons (Fsp3) is 0.476. The highest BCUT2D eigenvalue weighted by Gasteiger charge is 2.34. The molecule has 2 N–H and O–H groups in total. The van der Waals surface area contributed by atoms with Crippen LogP contribution in [0.5, 0.6) is 0 Å². The number of aromatic nitrogens is 1. The predicted octanol–water partition coefficient (Wildman–Crippen LogP) is 3.02. The number of benzene rings is 1. The molecule has 154 valence electrons. The van der Waals surface area contributed by atoms with Gasteiger partial charge in [0.15, 0.2) is 0 Å². The Morgan fingerprint density at radius 2 is 2.14 bits per heavy atom. The molecule has 0 bridgehead atoms. The van der Waals surface area contributed by atoms with Gasteiger partial charge in [-0.25, -0.2) is 9.78 Å². The van der Waals surface area contributed by atoms with E-state index in [1.807, 2.05) is 18.2 Å². The molecule has 8 heteroatoms. The number of ether oxygens (including phenoxy) is 1. The van der Waals surface area contributed by atoms with Crippen LogP contribution in [0, 0.1) is 0 Å². The molecular weight excluding hydrogens is 390 g/mol. The van der Waals surface area contributed by atoms with E-state index in [1.165, 1.54) is 49.1 Å². The molecule has 2 aliphatic rings. The summed E-state index contributed by atoms with van der Waals surface area (Å²) in [5.74, 6) is -0.305. The molecule has 1 aliphatic carbocycles. The SMILES string of the molecule is COC(=O)C1=C(Nc2ccc3nc(C4CCCCC4)sc3c2)C(=O)N(CCO)C1. The third-order valence-electron chi connectivity index (χ3n) is 5.58. The number of thiazole rings is 1. The van der Waals surface area contributed by atoms with E-state index < -0.39 is 5.97 Å². The molecule has 2 heterocycles. The van der Waals surface area contributed by atoms with Gasteiger partial charge in [-0.05, 0) is 31.0 Å². The number of esters is 1. The lowest BCUT2D eigenvalue weighted by Gasteiger charge is -2.18. The zero-order chi connectivity index (χ0) is 20.4. The van der Waals surface area contributed by atoms with Crippen molar-refractivity contribution in [2.45, 2.75) is 38.0 Å². The van der Waals surface area contributed by atoms with Crippen molar-refractivity contribution in [1.82, 2.24) is 9.88 Å². The molecule has 1 aliphatic heterocycles. The Hall–Kier alpha value is -2.45. The van der Waals surface area contributed by atoms with Gasteiger partial charge in [0.05, 0.1) is 41.1 Å². The Bertz CT molecular complexity index is 962. The minimum Gasteiger partial charge on any atom is -0.466 e. The molecule has 1 fully saturated rings. The van der Waals surface area contributed by atoms with Crippen LogP contribution < -0.4 is 5.32 Å². The number of nitrogens with zero attached hydrogens (tertiary/aromatic N) is 2. The highest BCUT2D eigenvalue weighted by molar-refractivity contribution is 7.18. The summed E-state index contributed by atoms with van der Waals surface area (Å²) >= 11 is 1.71. The first-order valence-electron chi connectivity index (χ1n) is 10.00. The van der Waals surface area contributed by atoms with E-state index in [2.05, 4.69) is 5.32 Å². The Balaban J connectivity index is 1.60. The van der Waals surface area contributed by atoms with Crippen LogP contribution in [0.2, 0.25) is 0 Å². The number of β-amino-alcohol motifs (C(OH)–C–C–N with tert-alkyl or cyclic N) is 1. The average molecular weight is 416 g/mol. The van der Waals surface area contributed by atoms with E-state index in [0.29, 0.717) is 5.92 Å². The molecule has 29 heavy (non-hydrogen) atoms. The number of nitrogens with one attached hydrogen (secondary N) is 1. The van der Waals surface area contributed by atoms with Gasteiger partial charge in [-0.3, -0.25) is 4.79 Å². The minimum absolute atomic E-state index is 0.128. The first-order valence-corrected chi connectivity index (χ1v) is 10.8. The van der Waals surface area contributed by atoms with Gasteiger partial charge in [0, 0.05) is 18.2 Å². The number of carbonyl (C=O) groups excluding carboxylic acids is 2. The maximum Gasteiger partial charge on any atom is 0.337 e. The van der Waals surface area contributed by atoms with Crippen molar-refractivity contribution in [2.75, 3.05) is 32.1 Å². The number of carbonyl (C=O) groups is 2. The molecule has 0 radical (unpaired) electrons. The maximum absolute atomic E-state index is 12.7. The van der Waals surface area contributed by atoms with Crippen LogP contribution in [0.1, 0.15) is 43.0 Å². The van der Waals surface area contributed by atoms with Gasteiger partial charge in [0.25, 0.3) is 5.91 Å². The molecule has 0 spiro atoms. The number of amides is 1. The van der Waals surface area contributed by atoms with Crippen molar-refractivity contribution in [2.24, 2.45) is 0 Å². The van der Waals surface area contributed by atoms with Gasteiger partial charge in [-0.15, -0.1) is 11.3 Å². The number of hydrogen-bond acceptors (Lipinski definition) is 7. The Morgan fingerprint density at radius 3 is 2.86 bits per heavy atom. The molecule has 0 atom stereocenters. The fourth-order valence-corrected chi connectivity index (χ4v) is 5.21. The van der Waals surface area contributed by atoms with Gasteiger partial charge in [0.2, 0.25) is 0 Å². The largest absolute Gasteiger partial charge is 0.466 e. The molecular formula is C21H25N3O4S. The summed E-state index contributed by atoms with van der Waals surface area (Å²) in [5, 5.41) is 13.5. The highest BCUT2D eigenvalue weighted by Crippen LogP contribution is 2.37. The van der Waals surface area contributed by atoms with Crippen LogP contribution in [-0.2, 0) is 14.3 Å². The van der Waals surface area contributed by atoms with Crippen molar-refractivity contribution in [1.29, 1.82) is 0 Å². The summed E-state index contributed by atoms with van der Waals surface area (Å²) < 4.78 is 5.89. The van der Waals surface area contributed by atoms with Crippen LogP contribution in [-0.4, -0.2) is 53.7 Å².